The maximum absolute atomic E-state index is 12.9. The van der Waals surface area contributed by atoms with Crippen LogP contribution in [0.2, 0.25) is 0 Å². The van der Waals surface area contributed by atoms with Crippen molar-refractivity contribution in [3.63, 3.8) is 0 Å². The summed E-state index contributed by atoms with van der Waals surface area (Å²) in [6.07, 6.45) is 5.70. The first kappa shape index (κ1) is 19.5. The lowest BCUT2D eigenvalue weighted by Gasteiger charge is -2.34. The van der Waals surface area contributed by atoms with E-state index in [2.05, 4.69) is 34.2 Å². The Morgan fingerprint density at radius 1 is 1.14 bits per heavy atom. The largest absolute Gasteiger partial charge is 0.336 e. The van der Waals surface area contributed by atoms with Crippen LogP contribution < -0.4 is 5.56 Å². The molecule has 29 heavy (non-hydrogen) atoms. The summed E-state index contributed by atoms with van der Waals surface area (Å²) in [5.41, 5.74) is 1.92. The van der Waals surface area contributed by atoms with Crippen LogP contribution in [0.5, 0.6) is 0 Å². The molecule has 0 radical (unpaired) electrons. The number of nitrogens with zero attached hydrogens (tertiary/aromatic N) is 4. The maximum atomic E-state index is 12.9. The van der Waals surface area contributed by atoms with Crippen molar-refractivity contribution in [2.24, 2.45) is 0 Å². The number of aromatic nitrogens is 2. The van der Waals surface area contributed by atoms with Gasteiger partial charge in [-0.05, 0) is 19.4 Å². The fourth-order valence-electron chi connectivity index (χ4n) is 3.53. The summed E-state index contributed by atoms with van der Waals surface area (Å²) in [7, 11) is 0. The lowest BCUT2D eigenvalue weighted by Crippen LogP contribution is -2.49. The van der Waals surface area contributed by atoms with Gasteiger partial charge in [0.05, 0.1) is 0 Å². The molecule has 0 bridgehead atoms. The monoisotopic (exact) mass is 408 g/mol. The van der Waals surface area contributed by atoms with Crippen LogP contribution in [0.1, 0.15) is 26.5 Å². The highest BCUT2D eigenvalue weighted by molar-refractivity contribution is 7.17. The molecule has 6 nitrogen and oxygen atoms in total. The molecule has 0 unspecified atom stereocenters. The predicted molar refractivity (Wildman–Crippen MR) is 117 cm³/mol. The Kier molecular flexibility index (Phi) is 5.60. The number of piperazine rings is 1. The molecule has 150 valence electrons. The third kappa shape index (κ3) is 4.02. The Balaban J connectivity index is 1.40. The zero-order valence-electron chi connectivity index (χ0n) is 16.7. The van der Waals surface area contributed by atoms with Gasteiger partial charge in [0.2, 0.25) is 0 Å². The summed E-state index contributed by atoms with van der Waals surface area (Å²) >= 11 is 1.47. The van der Waals surface area contributed by atoms with E-state index in [4.69, 9.17) is 0 Å². The normalized spacial score (nSPS) is 15.4. The highest BCUT2D eigenvalue weighted by Crippen LogP contribution is 2.18. The van der Waals surface area contributed by atoms with E-state index in [0.717, 1.165) is 30.2 Å². The van der Waals surface area contributed by atoms with E-state index in [1.54, 1.807) is 9.30 Å². The molecule has 3 heterocycles. The summed E-state index contributed by atoms with van der Waals surface area (Å²) < 4.78 is 1.55. The van der Waals surface area contributed by atoms with Gasteiger partial charge in [0.15, 0.2) is 4.96 Å². The lowest BCUT2D eigenvalue weighted by molar-refractivity contribution is 0.0648. The molecular formula is C22H24N4O2S. The fraction of sp³-hybridized carbons (Fsp3) is 0.318. The molecule has 3 aromatic rings. The Labute approximate surface area is 173 Å². The molecule has 1 saturated heterocycles. The van der Waals surface area contributed by atoms with Gasteiger partial charge >= 0.3 is 0 Å². The van der Waals surface area contributed by atoms with E-state index in [1.165, 1.54) is 23.1 Å². The summed E-state index contributed by atoms with van der Waals surface area (Å²) in [5, 5.41) is 0. The van der Waals surface area contributed by atoms with Gasteiger partial charge in [-0.15, -0.1) is 11.3 Å². The summed E-state index contributed by atoms with van der Waals surface area (Å²) in [4.78, 5) is 35.9. The predicted octanol–water partition coefficient (Wildman–Crippen LogP) is 2.84. The van der Waals surface area contributed by atoms with Crippen molar-refractivity contribution in [3.05, 3.63) is 74.7 Å². The second-order valence-corrected chi connectivity index (χ2v) is 8.43. The number of benzene rings is 1. The van der Waals surface area contributed by atoms with Crippen molar-refractivity contribution in [2.75, 3.05) is 32.7 Å². The van der Waals surface area contributed by atoms with E-state index in [9.17, 15) is 9.59 Å². The third-order valence-corrected chi connectivity index (χ3v) is 6.45. The van der Waals surface area contributed by atoms with Crippen LogP contribution in [0.4, 0.5) is 0 Å². The second-order valence-electron chi connectivity index (χ2n) is 7.24. The zero-order chi connectivity index (χ0) is 20.4. The number of rotatable bonds is 4. The quantitative estimate of drug-likeness (QED) is 0.666. The highest BCUT2D eigenvalue weighted by Gasteiger charge is 2.25. The van der Waals surface area contributed by atoms with E-state index in [0.29, 0.717) is 18.1 Å². The smallest absolute Gasteiger partial charge is 0.271 e. The van der Waals surface area contributed by atoms with Gasteiger partial charge in [-0.25, -0.2) is 4.98 Å². The van der Waals surface area contributed by atoms with Crippen LogP contribution in [0.15, 0.2) is 47.4 Å². The number of hydrogen-bond acceptors (Lipinski definition) is 5. The fourth-order valence-corrected chi connectivity index (χ4v) is 4.46. The van der Waals surface area contributed by atoms with Crippen molar-refractivity contribution < 1.29 is 4.79 Å². The van der Waals surface area contributed by atoms with Crippen LogP contribution in [-0.4, -0.2) is 57.8 Å². The molecule has 1 aliphatic heterocycles. The number of amides is 1. The molecule has 4 rings (SSSR count). The van der Waals surface area contributed by atoms with Crippen LogP contribution in [0.3, 0.4) is 0 Å². The average molecular weight is 409 g/mol. The van der Waals surface area contributed by atoms with Crippen molar-refractivity contribution in [2.45, 2.75) is 13.8 Å². The Morgan fingerprint density at radius 3 is 2.59 bits per heavy atom. The molecule has 7 heteroatoms. The van der Waals surface area contributed by atoms with Gasteiger partial charge in [0, 0.05) is 49.5 Å². The number of aryl methyl sites for hydroxylation is 2. The maximum Gasteiger partial charge on any atom is 0.271 e. The molecular weight excluding hydrogens is 384 g/mol. The van der Waals surface area contributed by atoms with Crippen LogP contribution in [0, 0.1) is 13.8 Å². The first-order valence-electron chi connectivity index (χ1n) is 9.75. The first-order valence-corrected chi connectivity index (χ1v) is 10.6. The molecule has 2 aromatic heterocycles. The topological polar surface area (TPSA) is 57.9 Å². The molecule has 0 spiro atoms. The minimum Gasteiger partial charge on any atom is -0.336 e. The molecule has 0 aliphatic carbocycles. The van der Waals surface area contributed by atoms with Crippen LogP contribution in [-0.2, 0) is 0 Å². The van der Waals surface area contributed by atoms with Gasteiger partial charge in [0.1, 0.15) is 5.56 Å². The molecule has 1 fully saturated rings. The second kappa shape index (κ2) is 8.31. The van der Waals surface area contributed by atoms with Crippen molar-refractivity contribution in [3.8, 4) is 0 Å². The molecule has 1 aromatic carbocycles. The van der Waals surface area contributed by atoms with Gasteiger partial charge in [-0.3, -0.25) is 18.9 Å². The molecule has 0 atom stereocenters. The average Bonchev–Trinajstić information content (AvgIpc) is 3.03. The number of fused-ring (bicyclic) bond motifs is 1. The van der Waals surface area contributed by atoms with E-state index < -0.39 is 0 Å². The van der Waals surface area contributed by atoms with Gasteiger partial charge in [0.25, 0.3) is 11.5 Å². The van der Waals surface area contributed by atoms with Gasteiger partial charge in [-0.2, -0.15) is 0 Å². The number of carbonyl (C=O) groups excluding carboxylic acids is 1. The highest BCUT2D eigenvalue weighted by atomic mass is 32.1. The lowest BCUT2D eigenvalue weighted by atomic mass is 10.2. The van der Waals surface area contributed by atoms with E-state index in [1.807, 2.05) is 32.0 Å². The summed E-state index contributed by atoms with van der Waals surface area (Å²) in [6.45, 7) is 7.50. The Bertz CT molecular complexity index is 1110. The summed E-state index contributed by atoms with van der Waals surface area (Å²) in [5.74, 6) is -0.223. The van der Waals surface area contributed by atoms with Crippen molar-refractivity contribution in [1.29, 1.82) is 0 Å². The Hall–Kier alpha value is -2.77. The van der Waals surface area contributed by atoms with E-state index >= 15 is 0 Å². The summed E-state index contributed by atoms with van der Waals surface area (Å²) in [6, 6.07) is 10.2. The van der Waals surface area contributed by atoms with Crippen molar-refractivity contribution >= 4 is 28.3 Å². The Morgan fingerprint density at radius 2 is 1.86 bits per heavy atom. The minimum absolute atomic E-state index is 0.154. The molecule has 1 aliphatic rings. The number of hydrogen-bond donors (Lipinski definition) is 0. The van der Waals surface area contributed by atoms with Gasteiger partial charge < -0.3 is 4.90 Å². The minimum atomic E-state index is -0.268. The number of thiazole rings is 1. The molecule has 0 N–H and O–H groups in total. The van der Waals surface area contributed by atoms with Crippen LogP contribution >= 0.6 is 11.3 Å². The standard InChI is InChI=1S/C22H24N4O2S/c1-16-17(2)29-22-23-15-19(21(28)26(16)22)20(27)25-13-11-24(12-14-25)10-6-9-18-7-4-3-5-8-18/h3-9,15H,10-14H2,1-2H3/b9-6+. The van der Waals surface area contributed by atoms with Crippen LogP contribution in [0.25, 0.3) is 11.0 Å². The van der Waals surface area contributed by atoms with E-state index in [-0.39, 0.29) is 17.0 Å². The third-order valence-electron chi connectivity index (χ3n) is 5.38. The zero-order valence-corrected chi connectivity index (χ0v) is 17.5. The number of carbonyl (C=O) groups is 1. The SMILES string of the molecule is Cc1sc2ncc(C(=O)N3CCN(C/C=C/c4ccccc4)CC3)c(=O)n2c1C. The molecule has 1 amide bonds. The van der Waals surface area contributed by atoms with Crippen molar-refractivity contribution in [1.82, 2.24) is 19.2 Å². The first-order chi connectivity index (χ1) is 14.0. The van der Waals surface area contributed by atoms with Gasteiger partial charge in [-0.1, -0.05) is 42.5 Å². The molecule has 0 saturated carbocycles.